The molecule has 0 spiro atoms. The zero-order valence-corrected chi connectivity index (χ0v) is 7.36. The van der Waals surface area contributed by atoms with Crippen molar-refractivity contribution in [3.05, 3.63) is 0 Å². The Morgan fingerprint density at radius 3 is 2.83 bits per heavy atom. The SMILES string of the molecule is CCC(C(N)=O)N1CCC(O)C1. The largest absolute Gasteiger partial charge is 0.392 e. The van der Waals surface area contributed by atoms with Crippen LogP contribution in [0.15, 0.2) is 0 Å². The number of aliphatic hydroxyl groups excluding tert-OH is 1. The van der Waals surface area contributed by atoms with Crippen molar-refractivity contribution in [1.29, 1.82) is 0 Å². The Morgan fingerprint density at radius 2 is 2.50 bits per heavy atom. The molecule has 1 saturated heterocycles. The zero-order valence-electron chi connectivity index (χ0n) is 7.36. The molecule has 1 aliphatic heterocycles. The van der Waals surface area contributed by atoms with Crippen molar-refractivity contribution in [3.63, 3.8) is 0 Å². The molecule has 0 aromatic heterocycles. The molecule has 12 heavy (non-hydrogen) atoms. The van der Waals surface area contributed by atoms with Gasteiger partial charge in [0, 0.05) is 13.1 Å². The quantitative estimate of drug-likeness (QED) is 0.592. The number of likely N-dealkylation sites (tertiary alicyclic amines) is 1. The van der Waals surface area contributed by atoms with Crippen LogP contribution in [-0.2, 0) is 4.79 Å². The molecule has 0 aliphatic carbocycles. The zero-order chi connectivity index (χ0) is 9.14. The van der Waals surface area contributed by atoms with E-state index in [1.165, 1.54) is 0 Å². The van der Waals surface area contributed by atoms with Crippen molar-refractivity contribution in [2.75, 3.05) is 13.1 Å². The van der Waals surface area contributed by atoms with Crippen LogP contribution in [0.25, 0.3) is 0 Å². The minimum atomic E-state index is -0.286. The lowest BCUT2D eigenvalue weighted by Gasteiger charge is -2.22. The van der Waals surface area contributed by atoms with Gasteiger partial charge in [0.25, 0.3) is 0 Å². The molecule has 1 amide bonds. The van der Waals surface area contributed by atoms with Crippen molar-refractivity contribution >= 4 is 5.91 Å². The third-order valence-electron chi connectivity index (χ3n) is 2.35. The summed E-state index contributed by atoms with van der Waals surface area (Å²) in [6, 6.07) is -0.192. The van der Waals surface area contributed by atoms with Crippen LogP contribution in [0.4, 0.5) is 0 Å². The van der Waals surface area contributed by atoms with E-state index in [9.17, 15) is 9.90 Å². The molecule has 4 heteroatoms. The lowest BCUT2D eigenvalue weighted by atomic mass is 10.2. The Bertz CT molecular complexity index is 172. The van der Waals surface area contributed by atoms with Gasteiger partial charge >= 0.3 is 0 Å². The summed E-state index contributed by atoms with van der Waals surface area (Å²) < 4.78 is 0. The third kappa shape index (κ3) is 1.95. The Kier molecular flexibility index (Phi) is 3.05. The maximum Gasteiger partial charge on any atom is 0.234 e. The van der Waals surface area contributed by atoms with E-state index in [4.69, 9.17) is 5.73 Å². The number of nitrogens with zero attached hydrogens (tertiary/aromatic N) is 1. The van der Waals surface area contributed by atoms with Gasteiger partial charge in [-0.1, -0.05) is 6.92 Å². The van der Waals surface area contributed by atoms with Gasteiger partial charge in [0.15, 0.2) is 0 Å². The Morgan fingerprint density at radius 1 is 1.83 bits per heavy atom. The molecule has 4 nitrogen and oxygen atoms in total. The number of carbonyl (C=O) groups is 1. The summed E-state index contributed by atoms with van der Waals surface area (Å²) in [5.41, 5.74) is 5.21. The molecule has 0 bridgehead atoms. The molecular formula is C8H16N2O2. The average Bonchev–Trinajstić information content (AvgIpc) is 2.37. The fourth-order valence-electron chi connectivity index (χ4n) is 1.69. The molecule has 0 saturated carbocycles. The van der Waals surface area contributed by atoms with Crippen LogP contribution in [0.1, 0.15) is 19.8 Å². The summed E-state index contributed by atoms with van der Waals surface area (Å²) in [5, 5.41) is 9.23. The van der Waals surface area contributed by atoms with E-state index in [2.05, 4.69) is 0 Å². The van der Waals surface area contributed by atoms with E-state index >= 15 is 0 Å². The number of β-amino-alcohol motifs (C(OH)–C–C–N with tert-alkyl or cyclic N) is 1. The van der Waals surface area contributed by atoms with Gasteiger partial charge in [0.05, 0.1) is 12.1 Å². The molecule has 1 heterocycles. The summed E-state index contributed by atoms with van der Waals surface area (Å²) in [7, 11) is 0. The molecule has 2 unspecified atom stereocenters. The minimum Gasteiger partial charge on any atom is -0.392 e. The predicted octanol–water partition coefficient (Wildman–Crippen LogP) is -0.683. The van der Waals surface area contributed by atoms with Crippen LogP contribution in [-0.4, -0.2) is 41.1 Å². The first-order valence-electron chi connectivity index (χ1n) is 4.36. The van der Waals surface area contributed by atoms with Gasteiger partial charge in [0.2, 0.25) is 5.91 Å². The van der Waals surface area contributed by atoms with E-state index in [1.54, 1.807) is 0 Å². The first-order valence-corrected chi connectivity index (χ1v) is 4.36. The van der Waals surface area contributed by atoms with E-state index in [0.717, 1.165) is 19.4 Å². The van der Waals surface area contributed by atoms with Crippen LogP contribution in [0, 0.1) is 0 Å². The summed E-state index contributed by atoms with van der Waals surface area (Å²) in [6.45, 7) is 3.30. The standard InChI is InChI=1S/C8H16N2O2/c1-2-7(8(9)12)10-4-3-6(11)5-10/h6-7,11H,2-5H2,1H3,(H2,9,12). The maximum atomic E-state index is 10.9. The fourth-order valence-corrected chi connectivity index (χ4v) is 1.69. The number of primary amides is 1. The summed E-state index contributed by atoms with van der Waals surface area (Å²) in [4.78, 5) is 12.9. The Labute approximate surface area is 72.3 Å². The van der Waals surface area contributed by atoms with Gasteiger partial charge in [-0.3, -0.25) is 9.69 Å². The second kappa shape index (κ2) is 3.87. The number of rotatable bonds is 3. The normalized spacial score (nSPS) is 27.3. The third-order valence-corrected chi connectivity index (χ3v) is 2.35. The summed E-state index contributed by atoms with van der Waals surface area (Å²) in [5.74, 6) is -0.286. The van der Waals surface area contributed by atoms with Gasteiger partial charge < -0.3 is 10.8 Å². The molecule has 2 atom stereocenters. The lowest BCUT2D eigenvalue weighted by molar-refractivity contribution is -0.123. The van der Waals surface area contributed by atoms with E-state index in [-0.39, 0.29) is 18.1 Å². The summed E-state index contributed by atoms with van der Waals surface area (Å²) >= 11 is 0. The molecular weight excluding hydrogens is 156 g/mol. The van der Waals surface area contributed by atoms with E-state index in [0.29, 0.717) is 6.54 Å². The molecule has 3 N–H and O–H groups in total. The molecule has 0 aromatic rings. The average molecular weight is 172 g/mol. The number of hydrogen-bond donors (Lipinski definition) is 2. The van der Waals surface area contributed by atoms with Crippen LogP contribution in [0.3, 0.4) is 0 Å². The molecule has 0 radical (unpaired) electrons. The smallest absolute Gasteiger partial charge is 0.234 e. The number of aliphatic hydroxyl groups is 1. The minimum absolute atomic E-state index is 0.192. The number of amides is 1. The van der Waals surface area contributed by atoms with Crippen LogP contribution >= 0.6 is 0 Å². The highest BCUT2D eigenvalue weighted by molar-refractivity contribution is 5.79. The van der Waals surface area contributed by atoms with Crippen molar-refractivity contribution in [2.45, 2.75) is 31.9 Å². The monoisotopic (exact) mass is 172 g/mol. The van der Waals surface area contributed by atoms with Crippen molar-refractivity contribution in [3.8, 4) is 0 Å². The van der Waals surface area contributed by atoms with Crippen LogP contribution in [0.5, 0.6) is 0 Å². The molecule has 1 fully saturated rings. The second-order valence-corrected chi connectivity index (χ2v) is 3.26. The van der Waals surface area contributed by atoms with Gasteiger partial charge in [-0.15, -0.1) is 0 Å². The molecule has 70 valence electrons. The maximum absolute atomic E-state index is 10.9. The van der Waals surface area contributed by atoms with Crippen molar-refractivity contribution in [2.24, 2.45) is 5.73 Å². The van der Waals surface area contributed by atoms with E-state index in [1.807, 2.05) is 11.8 Å². The highest BCUT2D eigenvalue weighted by Gasteiger charge is 2.28. The molecule has 1 rings (SSSR count). The Balaban J connectivity index is 2.49. The molecule has 1 aliphatic rings. The lowest BCUT2D eigenvalue weighted by Crippen LogP contribution is -2.43. The first-order chi connectivity index (χ1) is 5.65. The van der Waals surface area contributed by atoms with Gasteiger partial charge in [-0.2, -0.15) is 0 Å². The fraction of sp³-hybridized carbons (Fsp3) is 0.875. The van der Waals surface area contributed by atoms with Gasteiger partial charge in [-0.05, 0) is 12.8 Å². The molecule has 0 aromatic carbocycles. The van der Waals surface area contributed by atoms with Crippen LogP contribution in [0.2, 0.25) is 0 Å². The van der Waals surface area contributed by atoms with Crippen molar-refractivity contribution in [1.82, 2.24) is 4.90 Å². The predicted molar refractivity (Wildman–Crippen MR) is 45.5 cm³/mol. The number of nitrogens with two attached hydrogens (primary N) is 1. The van der Waals surface area contributed by atoms with Gasteiger partial charge in [-0.25, -0.2) is 0 Å². The van der Waals surface area contributed by atoms with Crippen molar-refractivity contribution < 1.29 is 9.90 Å². The second-order valence-electron chi connectivity index (χ2n) is 3.26. The first kappa shape index (κ1) is 9.48. The Hall–Kier alpha value is -0.610. The highest BCUT2D eigenvalue weighted by atomic mass is 16.3. The van der Waals surface area contributed by atoms with Gasteiger partial charge in [0.1, 0.15) is 0 Å². The summed E-state index contributed by atoms with van der Waals surface area (Å²) in [6.07, 6.45) is 1.20. The topological polar surface area (TPSA) is 66.6 Å². The highest BCUT2D eigenvalue weighted by Crippen LogP contribution is 2.14. The number of carbonyl (C=O) groups excluding carboxylic acids is 1. The number of hydrogen-bond acceptors (Lipinski definition) is 3. The van der Waals surface area contributed by atoms with E-state index < -0.39 is 0 Å². The van der Waals surface area contributed by atoms with Crippen LogP contribution < -0.4 is 5.73 Å².